The molecule has 0 saturated heterocycles. The topological polar surface area (TPSA) is 59.8 Å². The third kappa shape index (κ3) is 3.77. The van der Waals surface area contributed by atoms with Gasteiger partial charge in [-0.05, 0) is 43.9 Å². The largest absolute Gasteiger partial charge is 0.355 e. The maximum Gasteiger partial charge on any atom is 0.230 e. The minimum atomic E-state index is -0.281. The van der Waals surface area contributed by atoms with Gasteiger partial charge in [0.25, 0.3) is 0 Å². The zero-order valence-electron chi connectivity index (χ0n) is 16.0. The molecule has 1 aromatic carbocycles. The maximum atomic E-state index is 12.7. The lowest BCUT2D eigenvalue weighted by Crippen LogP contribution is -2.35. The number of nitrogens with one attached hydrogen (secondary N) is 1. The summed E-state index contributed by atoms with van der Waals surface area (Å²) >= 11 is 1.68. The number of nitrogens with zero attached hydrogens (tertiary/aromatic N) is 3. The van der Waals surface area contributed by atoms with Crippen molar-refractivity contribution in [2.24, 2.45) is 0 Å². The van der Waals surface area contributed by atoms with Crippen molar-refractivity contribution in [3.8, 4) is 0 Å². The van der Waals surface area contributed by atoms with Crippen LogP contribution < -0.4 is 5.32 Å². The van der Waals surface area contributed by atoms with Gasteiger partial charge >= 0.3 is 0 Å². The van der Waals surface area contributed by atoms with Crippen molar-refractivity contribution in [2.45, 2.75) is 68.0 Å². The molecule has 1 amide bonds. The van der Waals surface area contributed by atoms with Crippen molar-refractivity contribution >= 4 is 17.7 Å². The lowest BCUT2D eigenvalue weighted by atomic mass is 9.95. The molecule has 144 valence electrons. The van der Waals surface area contributed by atoms with Gasteiger partial charge < -0.3 is 9.88 Å². The number of thioether (sulfide) groups is 1. The zero-order valence-corrected chi connectivity index (χ0v) is 16.8. The molecule has 1 heterocycles. The van der Waals surface area contributed by atoms with Crippen LogP contribution in [-0.4, -0.2) is 33.5 Å². The van der Waals surface area contributed by atoms with E-state index >= 15 is 0 Å². The van der Waals surface area contributed by atoms with Crippen LogP contribution in [-0.2, 0) is 16.6 Å². The SMILES string of the molecule is CSc1nnc(CCCNC(=O)C2(c3ccccc3)CC2)n1C1CCCC1. The molecular weight excluding hydrogens is 356 g/mol. The number of rotatable bonds is 8. The van der Waals surface area contributed by atoms with E-state index in [1.165, 1.54) is 25.7 Å². The standard InChI is InChI=1S/C21H28N4OS/c1-27-20-24-23-18(25(20)17-10-5-6-11-17)12-7-15-22-19(26)21(13-14-21)16-8-3-2-4-9-16/h2-4,8-9,17H,5-7,10-15H2,1H3,(H,22,26). The summed E-state index contributed by atoms with van der Waals surface area (Å²) in [7, 11) is 0. The summed E-state index contributed by atoms with van der Waals surface area (Å²) in [4.78, 5) is 12.7. The highest BCUT2D eigenvalue weighted by molar-refractivity contribution is 7.98. The number of aromatic nitrogens is 3. The molecule has 0 spiro atoms. The quantitative estimate of drug-likeness (QED) is 0.554. The van der Waals surface area contributed by atoms with Crippen LogP contribution >= 0.6 is 11.8 Å². The second-order valence-electron chi connectivity index (χ2n) is 7.72. The lowest BCUT2D eigenvalue weighted by Gasteiger charge is -2.17. The molecule has 2 aromatic rings. The molecule has 0 radical (unpaired) electrons. The van der Waals surface area contributed by atoms with E-state index in [9.17, 15) is 4.79 Å². The fourth-order valence-electron chi connectivity index (χ4n) is 4.29. The molecule has 5 nitrogen and oxygen atoms in total. The van der Waals surface area contributed by atoms with Crippen molar-refractivity contribution in [2.75, 3.05) is 12.8 Å². The van der Waals surface area contributed by atoms with E-state index in [0.29, 0.717) is 12.6 Å². The third-order valence-corrected chi connectivity index (χ3v) is 6.62. The Morgan fingerprint density at radius 3 is 2.63 bits per heavy atom. The van der Waals surface area contributed by atoms with E-state index < -0.39 is 0 Å². The maximum absolute atomic E-state index is 12.7. The first kappa shape index (κ1) is 18.5. The Kier molecular flexibility index (Phi) is 5.53. The molecule has 1 aromatic heterocycles. The van der Waals surface area contributed by atoms with Gasteiger partial charge in [0.2, 0.25) is 5.91 Å². The summed E-state index contributed by atoms with van der Waals surface area (Å²) in [6.07, 6.45) is 10.8. The molecule has 1 N–H and O–H groups in total. The number of carbonyl (C=O) groups excluding carboxylic acids is 1. The minimum absolute atomic E-state index is 0.177. The van der Waals surface area contributed by atoms with Crippen LogP contribution in [0.15, 0.2) is 35.5 Å². The van der Waals surface area contributed by atoms with Crippen LogP contribution in [0.5, 0.6) is 0 Å². The molecule has 2 aliphatic carbocycles. The Labute approximate surface area is 165 Å². The van der Waals surface area contributed by atoms with Crippen LogP contribution in [0, 0.1) is 0 Å². The molecule has 0 aliphatic heterocycles. The lowest BCUT2D eigenvalue weighted by molar-refractivity contribution is -0.123. The Bertz CT molecular complexity index is 779. The summed E-state index contributed by atoms with van der Waals surface area (Å²) in [6, 6.07) is 10.7. The average molecular weight is 385 g/mol. The Morgan fingerprint density at radius 1 is 1.22 bits per heavy atom. The van der Waals surface area contributed by atoms with Crippen LogP contribution in [0.3, 0.4) is 0 Å². The van der Waals surface area contributed by atoms with E-state index in [1.54, 1.807) is 11.8 Å². The Balaban J connectivity index is 1.32. The second kappa shape index (κ2) is 8.05. The number of hydrogen-bond donors (Lipinski definition) is 1. The number of benzene rings is 1. The monoisotopic (exact) mass is 384 g/mol. The fourth-order valence-corrected chi connectivity index (χ4v) is 4.87. The fraction of sp³-hybridized carbons (Fsp3) is 0.571. The zero-order chi connectivity index (χ0) is 18.7. The van der Waals surface area contributed by atoms with Gasteiger partial charge in [0.15, 0.2) is 5.16 Å². The van der Waals surface area contributed by atoms with Gasteiger partial charge in [0.05, 0.1) is 5.41 Å². The van der Waals surface area contributed by atoms with Crippen LogP contribution in [0.2, 0.25) is 0 Å². The van der Waals surface area contributed by atoms with Gasteiger partial charge in [-0.2, -0.15) is 0 Å². The van der Waals surface area contributed by atoms with E-state index in [2.05, 4.69) is 38.5 Å². The van der Waals surface area contributed by atoms with Crippen molar-refractivity contribution < 1.29 is 4.79 Å². The second-order valence-corrected chi connectivity index (χ2v) is 8.49. The highest BCUT2D eigenvalue weighted by Gasteiger charge is 2.50. The minimum Gasteiger partial charge on any atom is -0.355 e. The van der Waals surface area contributed by atoms with Crippen molar-refractivity contribution in [3.05, 3.63) is 41.7 Å². The first-order valence-corrected chi connectivity index (χ1v) is 11.3. The molecular formula is C21H28N4OS. The summed E-state index contributed by atoms with van der Waals surface area (Å²) < 4.78 is 2.35. The molecule has 2 fully saturated rings. The van der Waals surface area contributed by atoms with E-state index in [0.717, 1.165) is 42.2 Å². The third-order valence-electron chi connectivity index (χ3n) is 5.98. The number of carbonyl (C=O) groups is 1. The van der Waals surface area contributed by atoms with Gasteiger partial charge in [0.1, 0.15) is 5.82 Å². The molecule has 6 heteroatoms. The summed E-state index contributed by atoms with van der Waals surface area (Å²) in [5.41, 5.74) is 0.866. The van der Waals surface area contributed by atoms with Gasteiger partial charge in [0, 0.05) is 19.0 Å². The van der Waals surface area contributed by atoms with Crippen LogP contribution in [0.4, 0.5) is 0 Å². The number of amides is 1. The van der Waals surface area contributed by atoms with Crippen LogP contribution in [0.1, 0.15) is 62.4 Å². The molecule has 4 rings (SSSR count). The van der Waals surface area contributed by atoms with Crippen molar-refractivity contribution in [3.63, 3.8) is 0 Å². The van der Waals surface area contributed by atoms with Crippen molar-refractivity contribution in [1.82, 2.24) is 20.1 Å². The van der Waals surface area contributed by atoms with Gasteiger partial charge in [-0.3, -0.25) is 4.79 Å². The molecule has 0 unspecified atom stereocenters. The predicted molar refractivity (Wildman–Crippen MR) is 108 cm³/mol. The average Bonchev–Trinajstić information content (AvgIpc) is 3.15. The highest BCUT2D eigenvalue weighted by Crippen LogP contribution is 2.48. The Morgan fingerprint density at radius 2 is 1.96 bits per heavy atom. The Hall–Kier alpha value is -1.82. The van der Waals surface area contributed by atoms with E-state index in [4.69, 9.17) is 0 Å². The van der Waals surface area contributed by atoms with E-state index in [1.807, 2.05) is 18.2 Å². The number of hydrogen-bond acceptors (Lipinski definition) is 4. The van der Waals surface area contributed by atoms with Gasteiger partial charge in [-0.1, -0.05) is 54.9 Å². The van der Waals surface area contributed by atoms with Crippen LogP contribution in [0.25, 0.3) is 0 Å². The first-order valence-electron chi connectivity index (χ1n) is 10.1. The molecule has 0 bridgehead atoms. The number of aryl methyl sites for hydroxylation is 1. The van der Waals surface area contributed by atoms with Gasteiger partial charge in [-0.25, -0.2) is 0 Å². The molecule has 0 atom stereocenters. The first-order chi connectivity index (χ1) is 13.2. The molecule has 27 heavy (non-hydrogen) atoms. The summed E-state index contributed by atoms with van der Waals surface area (Å²) in [6.45, 7) is 0.694. The highest BCUT2D eigenvalue weighted by atomic mass is 32.2. The molecule has 2 saturated carbocycles. The normalized spacial score (nSPS) is 18.6. The van der Waals surface area contributed by atoms with Crippen molar-refractivity contribution in [1.29, 1.82) is 0 Å². The predicted octanol–water partition coefficient (Wildman–Crippen LogP) is 3.90. The smallest absolute Gasteiger partial charge is 0.230 e. The van der Waals surface area contributed by atoms with Gasteiger partial charge in [-0.15, -0.1) is 10.2 Å². The summed E-state index contributed by atoms with van der Waals surface area (Å²) in [5.74, 6) is 1.25. The summed E-state index contributed by atoms with van der Waals surface area (Å²) in [5, 5.41) is 13.0. The molecule has 2 aliphatic rings. The van der Waals surface area contributed by atoms with E-state index in [-0.39, 0.29) is 11.3 Å².